The van der Waals surface area contributed by atoms with E-state index in [4.69, 9.17) is 14.2 Å². The van der Waals surface area contributed by atoms with Gasteiger partial charge in [-0.25, -0.2) is 0 Å². The molecule has 2 atom stereocenters. The quantitative estimate of drug-likeness (QED) is 0.650. The first-order valence-electron chi connectivity index (χ1n) is 8.56. The Balaban J connectivity index is 2.74. The minimum absolute atomic E-state index is 0.0839. The zero-order valence-corrected chi connectivity index (χ0v) is 15.4. The van der Waals surface area contributed by atoms with E-state index in [9.17, 15) is 14.7 Å². The fraction of sp³-hybridized carbons (Fsp3) is 0.579. The van der Waals surface area contributed by atoms with Gasteiger partial charge in [0, 0.05) is 20.3 Å². The molecule has 1 N–H and O–H groups in total. The van der Waals surface area contributed by atoms with Crippen molar-refractivity contribution in [3.8, 4) is 11.5 Å². The van der Waals surface area contributed by atoms with Crippen molar-refractivity contribution in [2.75, 3.05) is 7.11 Å². The number of benzene rings is 1. The Morgan fingerprint density at radius 3 is 2.20 bits per heavy atom. The molecule has 140 valence electrons. The maximum atomic E-state index is 11.4. The van der Waals surface area contributed by atoms with E-state index in [2.05, 4.69) is 0 Å². The first kappa shape index (κ1) is 20.8. The van der Waals surface area contributed by atoms with E-state index in [0.717, 1.165) is 18.4 Å². The van der Waals surface area contributed by atoms with Crippen LogP contribution in [-0.2, 0) is 25.5 Å². The van der Waals surface area contributed by atoms with Crippen molar-refractivity contribution in [1.29, 1.82) is 0 Å². The van der Waals surface area contributed by atoms with Crippen molar-refractivity contribution in [2.24, 2.45) is 0 Å². The number of ether oxygens (including phenoxy) is 3. The first-order valence-corrected chi connectivity index (χ1v) is 8.56. The van der Waals surface area contributed by atoms with Crippen molar-refractivity contribution in [3.63, 3.8) is 0 Å². The number of phenols is 1. The lowest BCUT2D eigenvalue weighted by atomic mass is 10.00. The van der Waals surface area contributed by atoms with Crippen molar-refractivity contribution >= 4 is 11.9 Å². The van der Waals surface area contributed by atoms with Crippen LogP contribution in [0.15, 0.2) is 18.2 Å². The molecule has 1 aromatic rings. The molecule has 25 heavy (non-hydrogen) atoms. The van der Waals surface area contributed by atoms with Crippen molar-refractivity contribution < 1.29 is 28.9 Å². The number of hydrogen-bond acceptors (Lipinski definition) is 6. The number of methoxy groups -OCH3 is 1. The Morgan fingerprint density at radius 2 is 1.68 bits per heavy atom. The molecule has 0 aliphatic carbocycles. The van der Waals surface area contributed by atoms with Crippen molar-refractivity contribution in [3.05, 3.63) is 23.8 Å². The average Bonchev–Trinajstić information content (AvgIpc) is 2.53. The summed E-state index contributed by atoms with van der Waals surface area (Å²) >= 11 is 0. The van der Waals surface area contributed by atoms with E-state index >= 15 is 0 Å². The summed E-state index contributed by atoms with van der Waals surface area (Å²) in [7, 11) is 1.49. The maximum Gasteiger partial charge on any atom is 0.302 e. The zero-order valence-electron chi connectivity index (χ0n) is 15.4. The van der Waals surface area contributed by atoms with Gasteiger partial charge in [0.25, 0.3) is 0 Å². The van der Waals surface area contributed by atoms with Crippen LogP contribution in [0.3, 0.4) is 0 Å². The van der Waals surface area contributed by atoms with E-state index < -0.39 is 0 Å². The molecule has 0 fully saturated rings. The highest BCUT2D eigenvalue weighted by molar-refractivity contribution is 5.66. The van der Waals surface area contributed by atoms with Gasteiger partial charge in [-0.2, -0.15) is 0 Å². The summed E-state index contributed by atoms with van der Waals surface area (Å²) in [5.74, 6) is -0.194. The van der Waals surface area contributed by atoms with Crippen LogP contribution >= 0.6 is 0 Å². The standard InChI is InChI=1S/C19H28O6/c1-5-6-16(24-13(2)20)12-17(25-14(3)21)9-7-15-8-10-18(22)19(11-15)23-4/h8,10-11,16-17,22H,5-7,9,12H2,1-4H3/t16-,17-/m0/s1. The molecule has 0 saturated carbocycles. The lowest BCUT2D eigenvalue weighted by Gasteiger charge is -2.23. The Kier molecular flexibility index (Phi) is 8.81. The molecular weight excluding hydrogens is 324 g/mol. The van der Waals surface area contributed by atoms with Gasteiger partial charge in [0.2, 0.25) is 0 Å². The van der Waals surface area contributed by atoms with E-state index in [-0.39, 0.29) is 29.9 Å². The van der Waals surface area contributed by atoms with E-state index in [1.54, 1.807) is 18.2 Å². The minimum Gasteiger partial charge on any atom is -0.504 e. The number of aromatic hydroxyl groups is 1. The normalized spacial score (nSPS) is 13.0. The summed E-state index contributed by atoms with van der Waals surface area (Å²) in [5.41, 5.74) is 0.964. The second-order valence-electron chi connectivity index (χ2n) is 6.03. The molecular formula is C19H28O6. The molecule has 0 unspecified atom stereocenters. The summed E-state index contributed by atoms with van der Waals surface area (Å²) < 4.78 is 15.8. The second-order valence-corrected chi connectivity index (χ2v) is 6.03. The Hall–Kier alpha value is -2.24. The largest absolute Gasteiger partial charge is 0.504 e. The van der Waals surface area contributed by atoms with E-state index in [1.165, 1.54) is 21.0 Å². The molecule has 0 aromatic heterocycles. The Bertz CT molecular complexity index is 569. The fourth-order valence-corrected chi connectivity index (χ4v) is 2.74. The highest BCUT2D eigenvalue weighted by Crippen LogP contribution is 2.27. The number of carbonyl (C=O) groups is 2. The summed E-state index contributed by atoms with van der Waals surface area (Å²) in [5, 5.41) is 9.65. The first-order chi connectivity index (χ1) is 11.8. The lowest BCUT2D eigenvalue weighted by molar-refractivity contribution is -0.153. The molecule has 0 heterocycles. The SMILES string of the molecule is CCC[C@@H](C[C@H](CCc1ccc(O)c(OC)c1)OC(C)=O)OC(C)=O. The maximum absolute atomic E-state index is 11.4. The number of phenolic OH excluding ortho intramolecular Hbond substituents is 1. The average molecular weight is 352 g/mol. The molecule has 0 amide bonds. The molecule has 1 aromatic carbocycles. The molecule has 0 bridgehead atoms. The third kappa shape index (κ3) is 7.92. The molecule has 6 nitrogen and oxygen atoms in total. The summed E-state index contributed by atoms with van der Waals surface area (Å²) in [6.07, 6.45) is 2.71. The number of rotatable bonds is 10. The molecule has 1 rings (SSSR count). The second kappa shape index (κ2) is 10.6. The van der Waals surface area contributed by atoms with Crippen LogP contribution in [0.4, 0.5) is 0 Å². The summed E-state index contributed by atoms with van der Waals surface area (Å²) in [6, 6.07) is 5.14. The third-order valence-electron chi connectivity index (χ3n) is 3.80. The van der Waals surface area contributed by atoms with Crippen LogP contribution in [0.5, 0.6) is 11.5 Å². The van der Waals surface area contributed by atoms with Gasteiger partial charge < -0.3 is 19.3 Å². The number of esters is 2. The van der Waals surface area contributed by atoms with Crippen molar-refractivity contribution in [2.45, 2.75) is 65.1 Å². The van der Waals surface area contributed by atoms with Gasteiger partial charge in [0.1, 0.15) is 12.2 Å². The van der Waals surface area contributed by atoms with Gasteiger partial charge in [0.05, 0.1) is 7.11 Å². The van der Waals surface area contributed by atoms with Gasteiger partial charge in [-0.3, -0.25) is 9.59 Å². The summed E-state index contributed by atoms with van der Waals surface area (Å²) in [6.45, 7) is 4.77. The third-order valence-corrected chi connectivity index (χ3v) is 3.80. The Morgan fingerprint density at radius 1 is 1.08 bits per heavy atom. The topological polar surface area (TPSA) is 82.1 Å². The zero-order chi connectivity index (χ0) is 18.8. The smallest absolute Gasteiger partial charge is 0.302 e. The van der Waals surface area contributed by atoms with Crippen LogP contribution in [0, 0.1) is 0 Å². The van der Waals surface area contributed by atoms with Crippen LogP contribution in [-0.4, -0.2) is 36.4 Å². The van der Waals surface area contributed by atoms with Crippen LogP contribution in [0.1, 0.15) is 52.0 Å². The Labute approximate surface area is 149 Å². The molecule has 0 saturated heterocycles. The lowest BCUT2D eigenvalue weighted by Crippen LogP contribution is -2.26. The predicted molar refractivity (Wildman–Crippen MR) is 93.6 cm³/mol. The number of hydrogen-bond donors (Lipinski definition) is 1. The van der Waals surface area contributed by atoms with Crippen LogP contribution in [0.2, 0.25) is 0 Å². The molecule has 0 spiro atoms. The highest BCUT2D eigenvalue weighted by atomic mass is 16.6. The fourth-order valence-electron chi connectivity index (χ4n) is 2.74. The van der Waals surface area contributed by atoms with Gasteiger partial charge in [0.15, 0.2) is 11.5 Å². The van der Waals surface area contributed by atoms with Gasteiger partial charge in [-0.1, -0.05) is 19.4 Å². The molecule has 0 aliphatic heterocycles. The summed E-state index contributed by atoms with van der Waals surface area (Å²) in [4.78, 5) is 22.6. The molecule has 0 radical (unpaired) electrons. The van der Waals surface area contributed by atoms with E-state index in [1.807, 2.05) is 6.92 Å². The number of carbonyl (C=O) groups excluding carboxylic acids is 2. The molecule has 6 heteroatoms. The minimum atomic E-state index is -0.355. The predicted octanol–water partition coefficient (Wildman–Crippen LogP) is 3.39. The molecule has 0 aliphatic rings. The van der Waals surface area contributed by atoms with Crippen LogP contribution in [0.25, 0.3) is 0 Å². The van der Waals surface area contributed by atoms with Gasteiger partial charge in [-0.05, 0) is 37.0 Å². The van der Waals surface area contributed by atoms with E-state index in [0.29, 0.717) is 25.0 Å². The van der Waals surface area contributed by atoms with Gasteiger partial charge in [-0.15, -0.1) is 0 Å². The number of aryl methyl sites for hydroxylation is 1. The highest BCUT2D eigenvalue weighted by Gasteiger charge is 2.21. The monoisotopic (exact) mass is 352 g/mol. The van der Waals surface area contributed by atoms with Crippen molar-refractivity contribution in [1.82, 2.24) is 0 Å². The van der Waals surface area contributed by atoms with Crippen LogP contribution < -0.4 is 4.74 Å². The van der Waals surface area contributed by atoms with Gasteiger partial charge >= 0.3 is 11.9 Å².